The summed E-state index contributed by atoms with van der Waals surface area (Å²) in [5.74, 6) is 0.639. The molecule has 1 unspecified atom stereocenters. The molecule has 0 aliphatic heterocycles. The SMILES string of the molecule is CCOC(=O)[C@H](C)NP(=O)(CN(C)C)Oc1c(C(C)C)cccc1C(C)C. The van der Waals surface area contributed by atoms with E-state index < -0.39 is 19.5 Å². The van der Waals surface area contributed by atoms with Crippen LogP contribution < -0.4 is 9.61 Å². The monoisotopic (exact) mass is 398 g/mol. The molecule has 2 atom stereocenters. The molecule has 0 aromatic heterocycles. The van der Waals surface area contributed by atoms with Crippen molar-refractivity contribution >= 4 is 13.5 Å². The molecule has 0 aliphatic carbocycles. The van der Waals surface area contributed by atoms with Crippen molar-refractivity contribution in [1.29, 1.82) is 0 Å². The highest BCUT2D eigenvalue weighted by atomic mass is 31.2. The number of carbonyl (C=O) groups is 1. The summed E-state index contributed by atoms with van der Waals surface area (Å²) in [6, 6.07) is 5.27. The zero-order valence-corrected chi connectivity index (χ0v) is 18.8. The van der Waals surface area contributed by atoms with E-state index in [2.05, 4.69) is 32.8 Å². The molecule has 6 nitrogen and oxygen atoms in total. The summed E-state index contributed by atoms with van der Waals surface area (Å²) >= 11 is 0. The molecule has 0 saturated heterocycles. The highest BCUT2D eigenvalue weighted by Crippen LogP contribution is 2.48. The first-order chi connectivity index (χ1) is 12.5. The van der Waals surface area contributed by atoms with Crippen LogP contribution in [0.1, 0.15) is 64.5 Å². The van der Waals surface area contributed by atoms with E-state index in [1.165, 1.54) is 0 Å². The van der Waals surface area contributed by atoms with Gasteiger partial charge in [-0.05, 0) is 50.9 Å². The van der Waals surface area contributed by atoms with Gasteiger partial charge in [0.05, 0.1) is 6.61 Å². The summed E-state index contributed by atoms with van der Waals surface area (Å²) in [6.07, 6.45) is 0.167. The van der Waals surface area contributed by atoms with Crippen molar-refractivity contribution in [2.24, 2.45) is 0 Å². The van der Waals surface area contributed by atoms with Crippen LogP contribution in [0.25, 0.3) is 0 Å². The van der Waals surface area contributed by atoms with Crippen LogP contribution in [-0.4, -0.2) is 43.9 Å². The van der Waals surface area contributed by atoms with Gasteiger partial charge in [-0.3, -0.25) is 14.3 Å². The standard InChI is InChI=1S/C20H35N2O4P/c1-9-25-20(23)16(6)21-27(24,13-22(7)8)26-19-17(14(2)3)11-10-12-18(19)15(4)5/h10-12,14-16H,9,13H2,1-8H3,(H,21,24)/t16-,27?/m0/s1. The molecule has 0 radical (unpaired) electrons. The molecule has 7 heteroatoms. The lowest BCUT2D eigenvalue weighted by Crippen LogP contribution is -2.37. The van der Waals surface area contributed by atoms with Gasteiger partial charge in [0.2, 0.25) is 0 Å². The lowest BCUT2D eigenvalue weighted by Gasteiger charge is -2.29. The second kappa shape index (κ2) is 10.3. The second-order valence-electron chi connectivity index (χ2n) is 7.66. The van der Waals surface area contributed by atoms with E-state index in [9.17, 15) is 9.36 Å². The van der Waals surface area contributed by atoms with E-state index in [4.69, 9.17) is 9.26 Å². The largest absolute Gasteiger partial charge is 0.465 e. The summed E-state index contributed by atoms with van der Waals surface area (Å²) in [7, 11) is 0.258. The minimum Gasteiger partial charge on any atom is -0.465 e. The summed E-state index contributed by atoms with van der Waals surface area (Å²) in [6.45, 7) is 12.0. The molecule has 1 aromatic rings. The first kappa shape index (κ1) is 23.7. The summed E-state index contributed by atoms with van der Waals surface area (Å²) in [4.78, 5) is 13.8. The molecule has 0 aliphatic rings. The predicted octanol–water partition coefficient (Wildman–Crippen LogP) is 4.57. The molecule has 0 amide bonds. The van der Waals surface area contributed by atoms with Crippen molar-refractivity contribution in [2.75, 3.05) is 27.0 Å². The van der Waals surface area contributed by atoms with E-state index in [0.29, 0.717) is 5.75 Å². The van der Waals surface area contributed by atoms with E-state index >= 15 is 0 Å². The molecule has 0 bridgehead atoms. The fraction of sp³-hybridized carbons (Fsp3) is 0.650. The average Bonchev–Trinajstić information content (AvgIpc) is 2.53. The Morgan fingerprint density at radius 1 is 1.11 bits per heavy atom. The van der Waals surface area contributed by atoms with Crippen molar-refractivity contribution < 1.29 is 18.6 Å². The highest BCUT2D eigenvalue weighted by Gasteiger charge is 2.33. The number of nitrogens with zero attached hydrogens (tertiary/aromatic N) is 1. The number of ether oxygens (including phenoxy) is 1. The molecule has 0 saturated carbocycles. The smallest absolute Gasteiger partial charge is 0.331 e. The van der Waals surface area contributed by atoms with Gasteiger partial charge in [0, 0.05) is 0 Å². The van der Waals surface area contributed by atoms with E-state index in [1.807, 2.05) is 32.3 Å². The molecule has 0 heterocycles. The molecule has 1 aromatic carbocycles. The van der Waals surface area contributed by atoms with Crippen molar-refractivity contribution in [3.05, 3.63) is 29.3 Å². The number of carbonyl (C=O) groups excluding carboxylic acids is 1. The molecule has 0 fully saturated rings. The molecular formula is C20H35N2O4P. The fourth-order valence-corrected chi connectivity index (χ4v) is 4.96. The zero-order chi connectivity index (χ0) is 20.8. The Bertz CT molecular complexity index is 648. The first-order valence-electron chi connectivity index (χ1n) is 9.51. The van der Waals surface area contributed by atoms with Crippen LogP contribution in [0.2, 0.25) is 0 Å². The Labute approximate surface area is 164 Å². The number of benzene rings is 1. The molecule has 1 rings (SSSR count). The third kappa shape index (κ3) is 6.95. The van der Waals surface area contributed by atoms with Crippen LogP contribution in [0.15, 0.2) is 18.2 Å². The minimum absolute atomic E-state index is 0.167. The minimum atomic E-state index is -3.39. The van der Waals surface area contributed by atoms with Crippen LogP contribution in [0.4, 0.5) is 0 Å². The Hall–Kier alpha value is -1.36. The molecular weight excluding hydrogens is 363 g/mol. The van der Waals surface area contributed by atoms with Crippen molar-refractivity contribution in [2.45, 2.75) is 59.4 Å². The molecule has 0 spiro atoms. The average molecular weight is 398 g/mol. The fourth-order valence-electron chi connectivity index (χ4n) is 2.82. The number of hydrogen-bond donors (Lipinski definition) is 1. The number of rotatable bonds is 10. The number of nitrogens with one attached hydrogen (secondary N) is 1. The third-order valence-corrected chi connectivity index (χ3v) is 6.25. The topological polar surface area (TPSA) is 67.9 Å². The van der Waals surface area contributed by atoms with Crippen molar-refractivity contribution in [3.63, 3.8) is 0 Å². The van der Waals surface area contributed by atoms with Gasteiger partial charge in [0.25, 0.3) is 0 Å². The van der Waals surface area contributed by atoms with Crippen LogP contribution in [0.5, 0.6) is 5.75 Å². The quantitative estimate of drug-likeness (QED) is 0.460. The second-order valence-corrected chi connectivity index (χ2v) is 9.73. The van der Waals surface area contributed by atoms with Gasteiger partial charge in [-0.2, -0.15) is 0 Å². The molecule has 1 N–H and O–H groups in total. The number of hydrogen-bond acceptors (Lipinski definition) is 5. The van der Waals surface area contributed by atoms with Crippen LogP contribution in [0.3, 0.4) is 0 Å². The number of esters is 1. The van der Waals surface area contributed by atoms with Gasteiger partial charge >= 0.3 is 13.5 Å². The van der Waals surface area contributed by atoms with Gasteiger partial charge in [-0.15, -0.1) is 0 Å². The lowest BCUT2D eigenvalue weighted by atomic mass is 9.94. The maximum atomic E-state index is 13.7. The Balaban J connectivity index is 3.31. The zero-order valence-electron chi connectivity index (χ0n) is 17.9. The van der Waals surface area contributed by atoms with Crippen LogP contribution >= 0.6 is 7.52 Å². The van der Waals surface area contributed by atoms with Gasteiger partial charge in [0.1, 0.15) is 18.1 Å². The number of para-hydroxylation sites is 1. The van der Waals surface area contributed by atoms with Gasteiger partial charge in [0.15, 0.2) is 0 Å². The van der Waals surface area contributed by atoms with E-state index in [0.717, 1.165) is 11.1 Å². The van der Waals surface area contributed by atoms with E-state index in [-0.39, 0.29) is 24.7 Å². The maximum Gasteiger partial charge on any atom is 0.331 e. The van der Waals surface area contributed by atoms with Crippen molar-refractivity contribution in [3.8, 4) is 5.75 Å². The Morgan fingerprint density at radius 2 is 1.63 bits per heavy atom. The van der Waals surface area contributed by atoms with Gasteiger partial charge in [-0.1, -0.05) is 45.9 Å². The van der Waals surface area contributed by atoms with Gasteiger partial charge in [-0.25, -0.2) is 5.09 Å². The van der Waals surface area contributed by atoms with E-state index in [1.54, 1.807) is 18.7 Å². The van der Waals surface area contributed by atoms with Crippen LogP contribution in [-0.2, 0) is 14.1 Å². The van der Waals surface area contributed by atoms with Gasteiger partial charge < -0.3 is 9.26 Å². The highest BCUT2D eigenvalue weighted by molar-refractivity contribution is 7.57. The lowest BCUT2D eigenvalue weighted by molar-refractivity contribution is -0.144. The first-order valence-corrected chi connectivity index (χ1v) is 11.3. The molecule has 27 heavy (non-hydrogen) atoms. The summed E-state index contributed by atoms with van der Waals surface area (Å²) < 4.78 is 24.9. The predicted molar refractivity (Wildman–Crippen MR) is 111 cm³/mol. The van der Waals surface area contributed by atoms with Crippen LogP contribution in [0, 0.1) is 0 Å². The third-order valence-electron chi connectivity index (χ3n) is 4.06. The summed E-state index contributed by atoms with van der Waals surface area (Å²) in [5.41, 5.74) is 2.01. The Morgan fingerprint density at radius 3 is 2.04 bits per heavy atom. The normalized spacial score (nSPS) is 15.1. The van der Waals surface area contributed by atoms with Crippen molar-refractivity contribution in [1.82, 2.24) is 9.99 Å². The Kier molecular flexibility index (Phi) is 9.00. The molecule has 154 valence electrons. The maximum absolute atomic E-state index is 13.7. The summed E-state index contributed by atoms with van der Waals surface area (Å²) in [5, 5.41) is 2.91.